The largest absolute Gasteiger partial charge is 0.451 e. The molecule has 0 radical (unpaired) electrons. The first-order valence-corrected chi connectivity index (χ1v) is 10.0. The van der Waals surface area contributed by atoms with E-state index in [1.165, 1.54) is 17.5 Å². The highest BCUT2D eigenvalue weighted by atomic mass is 16.3. The molecule has 4 rings (SSSR count). The molecule has 1 atom stereocenters. The lowest BCUT2D eigenvalue weighted by Crippen LogP contribution is -2.45. The number of amides is 1. The molecule has 3 heteroatoms. The maximum absolute atomic E-state index is 13.4. The Labute approximate surface area is 161 Å². The van der Waals surface area contributed by atoms with Crippen molar-refractivity contribution in [2.24, 2.45) is 0 Å². The van der Waals surface area contributed by atoms with Gasteiger partial charge in [-0.15, -0.1) is 0 Å². The van der Waals surface area contributed by atoms with Gasteiger partial charge in [-0.1, -0.05) is 43.3 Å². The Kier molecular flexibility index (Phi) is 5.02. The summed E-state index contributed by atoms with van der Waals surface area (Å²) in [4.78, 5) is 15.4. The maximum Gasteiger partial charge on any atom is 0.290 e. The molecule has 3 nitrogen and oxygen atoms in total. The number of furan rings is 1. The van der Waals surface area contributed by atoms with Crippen molar-refractivity contribution in [2.45, 2.75) is 52.0 Å². The van der Waals surface area contributed by atoms with E-state index in [0.717, 1.165) is 48.8 Å². The van der Waals surface area contributed by atoms with Crippen molar-refractivity contribution in [3.05, 3.63) is 71.0 Å². The van der Waals surface area contributed by atoms with Crippen molar-refractivity contribution >= 4 is 16.9 Å². The summed E-state index contributed by atoms with van der Waals surface area (Å²) < 4.78 is 6.02. The van der Waals surface area contributed by atoms with E-state index in [9.17, 15) is 4.79 Å². The van der Waals surface area contributed by atoms with Crippen LogP contribution >= 0.6 is 0 Å². The zero-order valence-electron chi connectivity index (χ0n) is 16.2. The van der Waals surface area contributed by atoms with E-state index in [2.05, 4.69) is 43.3 Å². The number of likely N-dealkylation sites (tertiary alicyclic amines) is 1. The zero-order chi connectivity index (χ0) is 18.8. The molecule has 1 unspecified atom stereocenters. The Bertz CT molecular complexity index is 942. The van der Waals surface area contributed by atoms with Gasteiger partial charge in [0.05, 0.1) is 0 Å². The number of aryl methyl sites for hydroxylation is 2. The van der Waals surface area contributed by atoms with E-state index in [0.29, 0.717) is 5.76 Å². The predicted octanol–water partition coefficient (Wildman–Crippen LogP) is 5.54. The van der Waals surface area contributed by atoms with Gasteiger partial charge >= 0.3 is 0 Å². The van der Waals surface area contributed by atoms with Gasteiger partial charge in [0.15, 0.2) is 5.76 Å². The highest BCUT2D eigenvalue weighted by Gasteiger charge is 2.31. The number of rotatable bonds is 4. The van der Waals surface area contributed by atoms with E-state index < -0.39 is 0 Å². The van der Waals surface area contributed by atoms with Crippen molar-refractivity contribution < 1.29 is 9.21 Å². The predicted molar refractivity (Wildman–Crippen MR) is 109 cm³/mol. The molecule has 0 N–H and O–H groups in total. The third kappa shape index (κ3) is 3.51. The first-order chi connectivity index (χ1) is 13.2. The van der Waals surface area contributed by atoms with Crippen LogP contribution in [-0.4, -0.2) is 23.4 Å². The van der Waals surface area contributed by atoms with Crippen LogP contribution in [0.4, 0.5) is 0 Å². The molecule has 2 heterocycles. The van der Waals surface area contributed by atoms with Crippen molar-refractivity contribution in [1.82, 2.24) is 4.90 Å². The molecule has 0 aliphatic carbocycles. The molecule has 3 aromatic rings. The summed E-state index contributed by atoms with van der Waals surface area (Å²) in [5.74, 6) is 0.556. The summed E-state index contributed by atoms with van der Waals surface area (Å²) in [7, 11) is 0. The fourth-order valence-electron chi connectivity index (χ4n) is 4.19. The molecular formula is C24H27NO2. The maximum atomic E-state index is 13.4. The number of piperidine rings is 1. The second-order valence-corrected chi connectivity index (χ2v) is 7.58. The summed E-state index contributed by atoms with van der Waals surface area (Å²) >= 11 is 0. The minimum absolute atomic E-state index is 0.0439. The highest BCUT2D eigenvalue weighted by Crippen LogP contribution is 2.30. The minimum atomic E-state index is 0.0439. The van der Waals surface area contributed by atoms with Crippen LogP contribution in [-0.2, 0) is 12.8 Å². The van der Waals surface area contributed by atoms with Gasteiger partial charge in [-0.25, -0.2) is 0 Å². The highest BCUT2D eigenvalue weighted by molar-refractivity contribution is 5.99. The van der Waals surface area contributed by atoms with Gasteiger partial charge in [0.25, 0.3) is 5.91 Å². The lowest BCUT2D eigenvalue weighted by Gasteiger charge is -2.35. The van der Waals surface area contributed by atoms with E-state index in [1.807, 2.05) is 24.0 Å². The van der Waals surface area contributed by atoms with Gasteiger partial charge in [-0.05, 0) is 62.3 Å². The molecule has 1 fully saturated rings. The number of fused-ring (bicyclic) bond motifs is 1. The van der Waals surface area contributed by atoms with Crippen molar-refractivity contribution in [3.8, 4) is 0 Å². The quantitative estimate of drug-likeness (QED) is 0.611. The first kappa shape index (κ1) is 17.8. The second kappa shape index (κ2) is 7.59. The number of hydrogen-bond donors (Lipinski definition) is 0. The second-order valence-electron chi connectivity index (χ2n) is 7.58. The van der Waals surface area contributed by atoms with Gasteiger partial charge in [0.1, 0.15) is 5.58 Å². The lowest BCUT2D eigenvalue weighted by molar-refractivity contribution is 0.0582. The van der Waals surface area contributed by atoms with Gasteiger partial charge in [0, 0.05) is 23.5 Å². The minimum Gasteiger partial charge on any atom is -0.451 e. The molecule has 1 aromatic heterocycles. The molecule has 2 aromatic carbocycles. The Morgan fingerprint density at radius 2 is 1.93 bits per heavy atom. The Morgan fingerprint density at radius 1 is 1.11 bits per heavy atom. The zero-order valence-corrected chi connectivity index (χ0v) is 16.2. The van der Waals surface area contributed by atoms with E-state index in [1.54, 1.807) is 0 Å². The van der Waals surface area contributed by atoms with Crippen molar-refractivity contribution in [1.29, 1.82) is 0 Å². The molecule has 1 aliphatic heterocycles. The lowest BCUT2D eigenvalue weighted by atomic mass is 9.95. The normalized spacial score (nSPS) is 17.4. The van der Waals surface area contributed by atoms with Crippen LogP contribution in [0.3, 0.4) is 0 Å². The molecule has 140 valence electrons. The monoisotopic (exact) mass is 361 g/mol. The summed E-state index contributed by atoms with van der Waals surface area (Å²) in [6.45, 7) is 4.96. The van der Waals surface area contributed by atoms with Crippen LogP contribution in [0, 0.1) is 6.92 Å². The summed E-state index contributed by atoms with van der Waals surface area (Å²) in [5.41, 5.74) is 4.33. The number of carbonyl (C=O) groups is 1. The average Bonchev–Trinajstić information content (AvgIpc) is 3.04. The SMILES string of the molecule is CCc1ccc2oc(C(=O)N3CCCCC3Cc3ccccc3)c(C)c2c1. The smallest absolute Gasteiger partial charge is 0.290 e. The van der Waals surface area contributed by atoms with Gasteiger partial charge in [-0.3, -0.25) is 4.79 Å². The third-order valence-corrected chi connectivity index (χ3v) is 5.81. The summed E-state index contributed by atoms with van der Waals surface area (Å²) in [6, 6.07) is 16.9. The van der Waals surface area contributed by atoms with Crippen LogP contribution in [0.2, 0.25) is 0 Å². The van der Waals surface area contributed by atoms with Crippen LogP contribution in [0.15, 0.2) is 52.9 Å². The molecular weight excluding hydrogens is 334 g/mol. The van der Waals surface area contributed by atoms with Gasteiger partial charge in [-0.2, -0.15) is 0 Å². The Morgan fingerprint density at radius 3 is 2.70 bits per heavy atom. The average molecular weight is 361 g/mol. The van der Waals surface area contributed by atoms with Crippen LogP contribution < -0.4 is 0 Å². The standard InChI is InChI=1S/C24H27NO2/c1-3-18-12-13-22-21(16-18)17(2)23(27-22)24(26)25-14-8-7-11-20(25)15-19-9-5-4-6-10-19/h4-6,9-10,12-13,16,20H,3,7-8,11,14-15H2,1-2H3. The van der Waals surface area contributed by atoms with Gasteiger partial charge in [0.2, 0.25) is 0 Å². The van der Waals surface area contributed by atoms with Gasteiger partial charge < -0.3 is 9.32 Å². The number of benzene rings is 2. The molecule has 27 heavy (non-hydrogen) atoms. The van der Waals surface area contributed by atoms with Crippen molar-refractivity contribution in [3.63, 3.8) is 0 Å². The number of hydrogen-bond acceptors (Lipinski definition) is 2. The topological polar surface area (TPSA) is 33.5 Å². The number of carbonyl (C=O) groups excluding carboxylic acids is 1. The van der Waals surface area contributed by atoms with E-state index in [-0.39, 0.29) is 11.9 Å². The van der Waals surface area contributed by atoms with Crippen molar-refractivity contribution in [2.75, 3.05) is 6.54 Å². The fraction of sp³-hybridized carbons (Fsp3) is 0.375. The van der Waals surface area contributed by atoms with E-state index >= 15 is 0 Å². The first-order valence-electron chi connectivity index (χ1n) is 10.0. The van der Waals surface area contributed by atoms with Crippen LogP contribution in [0.25, 0.3) is 11.0 Å². The Balaban J connectivity index is 1.63. The molecule has 1 amide bonds. The third-order valence-electron chi connectivity index (χ3n) is 5.81. The fourth-order valence-corrected chi connectivity index (χ4v) is 4.19. The molecule has 1 saturated heterocycles. The molecule has 1 aliphatic rings. The summed E-state index contributed by atoms with van der Waals surface area (Å²) in [5, 5.41) is 1.06. The van der Waals surface area contributed by atoms with Crippen LogP contribution in [0.5, 0.6) is 0 Å². The summed E-state index contributed by atoms with van der Waals surface area (Å²) in [6.07, 6.45) is 5.19. The van der Waals surface area contributed by atoms with Crippen LogP contribution in [0.1, 0.15) is 53.4 Å². The molecule has 0 saturated carbocycles. The number of nitrogens with zero attached hydrogens (tertiary/aromatic N) is 1. The molecule has 0 spiro atoms. The van der Waals surface area contributed by atoms with E-state index in [4.69, 9.17) is 4.42 Å². The molecule has 0 bridgehead atoms. The Hall–Kier alpha value is -2.55.